The van der Waals surface area contributed by atoms with Crippen LogP contribution in [0, 0.1) is 71.0 Å². The number of rotatable bonds is 29. The molecule has 136 heavy (non-hydrogen) atoms. The number of carbonyl (C=O) groups excluding carboxylic acids is 20. The zero-order chi connectivity index (χ0) is 99.3. The number of ether oxygens (including phenoxy) is 23. The molecule has 0 radical (unpaired) electrons. The Labute approximate surface area is 779 Å². The largest absolute Gasteiger partial charge is 0.488 e. The van der Waals surface area contributed by atoms with Crippen LogP contribution < -0.4 is 0 Å². The van der Waals surface area contributed by atoms with Crippen molar-refractivity contribution in [1.29, 1.82) is 0 Å². The molecule has 0 N–H and O–H groups in total. The molecule has 0 aromatic carbocycles. The first-order valence-corrected chi connectivity index (χ1v) is 44.1. The topological polar surface area (TPSA) is 554 Å². The SMILES string of the molecule is C=C(C)C(=O)OCC(=O)OC1C2CC3C(=O)OC1C3C2.C=C(C)C(=O)OCC(=O)OC1C2CC3C(=O)OC1C3O2.C=C(C)C(=O)OCC(=O)OC1CC2CC1C1C(=O)OCC21.C=C(C)C(=O)OCC(=O)OC1CC2OC1C1C(=O)OCC21.C=C(C)C(=O)OCC(=O)OC1CCOC1=O.C=C(C)C(=O)OCC(=O)OC1COC(=O)C1.C=C(COC(=O)C(=C)C)OC12CC3CC(C1)OC(=O)C(C3)C2. The van der Waals surface area contributed by atoms with Crippen LogP contribution in [0.2, 0.25) is 0 Å². The smallest absolute Gasteiger partial charge is 0.347 e. The Bertz CT molecular complexity index is 4690. The van der Waals surface area contributed by atoms with Crippen LogP contribution in [0.1, 0.15) is 132 Å². The summed E-state index contributed by atoms with van der Waals surface area (Å²) < 4.78 is 116. The van der Waals surface area contributed by atoms with Gasteiger partial charge >= 0.3 is 119 Å². The molecule has 6 aliphatic carbocycles. The summed E-state index contributed by atoms with van der Waals surface area (Å²) in [6.45, 7) is 36.6. The lowest BCUT2D eigenvalue weighted by atomic mass is 9.65. The molecule has 0 spiro atoms. The Balaban J connectivity index is 0.000000153. The van der Waals surface area contributed by atoms with Crippen LogP contribution in [0.5, 0.6) is 0 Å². The third-order valence-corrected chi connectivity index (χ3v) is 25.3. The van der Waals surface area contributed by atoms with Crippen LogP contribution in [-0.2, 0) is 205 Å². The van der Waals surface area contributed by atoms with Crippen molar-refractivity contribution in [3.05, 3.63) is 97.4 Å². The summed E-state index contributed by atoms with van der Waals surface area (Å²) in [6.07, 6.45) is 3.52. The summed E-state index contributed by atoms with van der Waals surface area (Å²) in [6, 6.07) is 0. The van der Waals surface area contributed by atoms with Gasteiger partial charge in [0.15, 0.2) is 51.8 Å². The van der Waals surface area contributed by atoms with Crippen molar-refractivity contribution in [3.63, 3.8) is 0 Å². The molecule has 0 amide bonds. The van der Waals surface area contributed by atoms with Gasteiger partial charge in [-0.3, -0.25) is 28.8 Å². The number of hydrogen-bond acceptors (Lipinski definition) is 43. The van der Waals surface area contributed by atoms with Gasteiger partial charge in [0.05, 0.1) is 68.0 Å². The van der Waals surface area contributed by atoms with E-state index in [1.54, 1.807) is 6.92 Å². The molecule has 0 aromatic rings. The van der Waals surface area contributed by atoms with Crippen LogP contribution in [-0.4, -0.2) is 277 Å². The van der Waals surface area contributed by atoms with Crippen molar-refractivity contribution in [2.45, 2.75) is 217 Å². The highest BCUT2D eigenvalue weighted by Crippen LogP contribution is 2.58. The van der Waals surface area contributed by atoms with Gasteiger partial charge in [-0.1, -0.05) is 52.6 Å². The van der Waals surface area contributed by atoms with Gasteiger partial charge < -0.3 is 109 Å². The second kappa shape index (κ2) is 45.1. The highest BCUT2D eigenvalue weighted by atomic mass is 16.7. The van der Waals surface area contributed by atoms with E-state index >= 15 is 0 Å². The first kappa shape index (κ1) is 104. The van der Waals surface area contributed by atoms with E-state index in [1.807, 2.05) is 0 Å². The van der Waals surface area contributed by atoms with Crippen LogP contribution in [0.3, 0.4) is 0 Å². The Hall–Kier alpha value is -13.0. The fourth-order valence-corrected chi connectivity index (χ4v) is 19.5. The minimum absolute atomic E-state index is 0.0128. The summed E-state index contributed by atoms with van der Waals surface area (Å²) >= 11 is 0. The number of hydrogen-bond donors (Lipinski definition) is 0. The minimum atomic E-state index is -0.879. The lowest BCUT2D eigenvalue weighted by Crippen LogP contribution is -2.47. The van der Waals surface area contributed by atoms with Crippen LogP contribution >= 0.6 is 0 Å². The number of fused-ring (bicyclic) bond motifs is 13. The van der Waals surface area contributed by atoms with Crippen molar-refractivity contribution in [2.75, 3.05) is 72.7 Å². The molecule has 43 heteroatoms. The van der Waals surface area contributed by atoms with Crippen molar-refractivity contribution in [1.82, 2.24) is 0 Å². The maximum absolute atomic E-state index is 12.0. The van der Waals surface area contributed by atoms with Crippen molar-refractivity contribution in [2.24, 2.45) is 71.0 Å². The van der Waals surface area contributed by atoms with E-state index in [9.17, 15) is 95.9 Å². The first-order valence-electron chi connectivity index (χ1n) is 44.1. The fraction of sp³-hybridized carbons (Fsp3) is 0.613. The summed E-state index contributed by atoms with van der Waals surface area (Å²) in [7, 11) is 0. The maximum Gasteiger partial charge on any atom is 0.347 e. The Morgan fingerprint density at radius 2 is 0.824 bits per heavy atom. The van der Waals surface area contributed by atoms with Gasteiger partial charge in [0.1, 0.15) is 73.4 Å². The molecule has 12 heterocycles. The Kier molecular flexibility index (Phi) is 34.4. The highest BCUT2D eigenvalue weighted by Gasteiger charge is 2.67. The number of esters is 20. The zero-order valence-corrected chi connectivity index (χ0v) is 76.1. The Morgan fingerprint density at radius 1 is 0.353 bits per heavy atom. The minimum Gasteiger partial charge on any atom is -0.488 e. The second-order valence-corrected chi connectivity index (χ2v) is 36.1. The average molecular weight is 1920 g/mol. The molecule has 18 rings (SSSR count). The summed E-state index contributed by atoms with van der Waals surface area (Å²) in [5.74, 6) is -9.07. The predicted molar refractivity (Wildman–Crippen MR) is 445 cm³/mol. The van der Waals surface area contributed by atoms with Gasteiger partial charge in [-0.05, 0) is 112 Å². The van der Waals surface area contributed by atoms with E-state index in [-0.39, 0.29) is 179 Å². The normalized spacial score (nSPS) is 32.1. The highest BCUT2D eigenvalue weighted by molar-refractivity contribution is 5.93. The van der Waals surface area contributed by atoms with E-state index in [2.05, 4.69) is 71.6 Å². The number of carbonyl (C=O) groups is 20. The summed E-state index contributed by atoms with van der Waals surface area (Å²) in [5, 5.41) is 0. The lowest BCUT2D eigenvalue weighted by molar-refractivity contribution is -0.168. The summed E-state index contributed by atoms with van der Waals surface area (Å²) in [5.41, 5.74) is 1.22. The predicted octanol–water partition coefficient (Wildman–Crippen LogP) is 3.59. The molecule has 18 aliphatic rings. The summed E-state index contributed by atoms with van der Waals surface area (Å²) in [4.78, 5) is 227. The molecular weight excluding hydrogens is 1800 g/mol. The zero-order valence-electron chi connectivity index (χ0n) is 76.1. The van der Waals surface area contributed by atoms with Gasteiger partial charge in [-0.15, -0.1) is 0 Å². The standard InChI is InChI=1S/C17H22O5.C15H18O6.C14H16O7.C14H16O6.C13H14O7.2C10H12O6/c1-10(2)15(18)20-9-11(3)22-17-6-12-4-13(7-17)16(19)21-14(5-12)8-17;1-7(2)14(17)20-6-12(16)21-11-4-8-3-9(11)13-10(8)5-19-15(13)18;1-6(2)13(16)19-5-10(15)20-9-3-8-7-4-18-14(17)11(7)12(9)21-8;1-6(2)13(16)18-5-10(15)19-11-7-3-8-9(4-7)14(17)20-12(8)11;1-5(2)12(15)17-4-8(14)19-10-7-3-6-9(18-7)11(10)20-13(6)16;1-6(2)10(13)15-5-9(12)16-7-3-8(11)14-4-7;1-6(2)9(12)15-5-8(11)16-7-3-4-14-10(7)13/h12-14H,1,3-9H2,2H3;8-11,13H,1,3-6H2,2H3;7-9,11-12H,1,3-5H2,2H3;7-9,11-12H,1,3-5H2,2H3;6-7,9-11H,1,3-4H2,2H3;2*7H,1,3-5H2,2H3. The van der Waals surface area contributed by atoms with Crippen molar-refractivity contribution < 1.29 is 205 Å². The van der Waals surface area contributed by atoms with Gasteiger partial charge in [0.25, 0.3) is 0 Å². The fourth-order valence-electron chi connectivity index (χ4n) is 19.5. The van der Waals surface area contributed by atoms with E-state index < -0.39 is 178 Å². The molecule has 26 atom stereocenters. The molecule has 43 nitrogen and oxygen atoms in total. The van der Waals surface area contributed by atoms with Crippen molar-refractivity contribution >= 4 is 119 Å². The van der Waals surface area contributed by atoms with Gasteiger partial charge in [-0.2, -0.15) is 0 Å². The first-order chi connectivity index (χ1) is 64.2. The Morgan fingerprint density at radius 3 is 1.35 bits per heavy atom. The van der Waals surface area contributed by atoms with E-state index in [4.69, 9.17) is 90.0 Å². The monoisotopic (exact) mass is 1910 g/mol. The number of cyclic esters (lactones) is 4. The molecule has 12 bridgehead atoms. The maximum atomic E-state index is 12.0. The lowest BCUT2D eigenvalue weighted by Gasteiger charge is -2.46. The van der Waals surface area contributed by atoms with E-state index in [0.717, 1.165) is 44.9 Å². The molecule has 18 fully saturated rings. The molecule has 12 saturated heterocycles. The van der Waals surface area contributed by atoms with Crippen LogP contribution in [0.4, 0.5) is 0 Å². The molecular formula is C93H110O43. The average Bonchev–Trinajstić information content (AvgIpc) is 1.58. The van der Waals surface area contributed by atoms with Gasteiger partial charge in [0, 0.05) is 94.3 Å². The van der Waals surface area contributed by atoms with E-state index in [1.165, 1.54) is 41.5 Å². The van der Waals surface area contributed by atoms with Crippen LogP contribution in [0.25, 0.3) is 0 Å². The van der Waals surface area contributed by atoms with Gasteiger partial charge in [-0.25, -0.2) is 67.1 Å². The molecule has 12 aliphatic heterocycles. The third kappa shape index (κ3) is 26.0. The molecule has 740 valence electrons. The van der Waals surface area contributed by atoms with E-state index in [0.29, 0.717) is 74.4 Å². The quantitative estimate of drug-likeness (QED) is 0.0447. The second-order valence-electron chi connectivity index (χ2n) is 36.1. The third-order valence-electron chi connectivity index (χ3n) is 25.3. The molecule has 0 aromatic heterocycles. The molecule has 26 unspecified atom stereocenters. The van der Waals surface area contributed by atoms with Crippen molar-refractivity contribution in [3.8, 4) is 0 Å². The molecule has 6 saturated carbocycles. The van der Waals surface area contributed by atoms with Crippen LogP contribution in [0.15, 0.2) is 97.4 Å². The van der Waals surface area contributed by atoms with Gasteiger partial charge in [0.2, 0.25) is 6.10 Å².